The van der Waals surface area contributed by atoms with Gasteiger partial charge in [0.05, 0.1) is 11.0 Å². The molecular weight excluding hydrogens is 433 g/mol. The molecule has 1 aliphatic heterocycles. The highest BCUT2D eigenvalue weighted by Gasteiger charge is 2.51. The van der Waals surface area contributed by atoms with Crippen LogP contribution in [0.25, 0.3) is 11.1 Å². The van der Waals surface area contributed by atoms with Crippen molar-refractivity contribution in [3.05, 3.63) is 77.4 Å². The molecule has 1 radical (unpaired) electrons. The van der Waals surface area contributed by atoms with E-state index in [1.165, 1.54) is 12.1 Å². The predicted molar refractivity (Wildman–Crippen MR) is 116 cm³/mol. The zero-order chi connectivity index (χ0) is 23.2. The molecular formula is C25H20F3N2O3. The van der Waals surface area contributed by atoms with Gasteiger partial charge in [-0.25, -0.2) is 0 Å². The molecule has 1 saturated carbocycles. The van der Waals surface area contributed by atoms with Gasteiger partial charge in [0.25, 0.3) is 0 Å². The molecule has 1 aliphatic carbocycles. The van der Waals surface area contributed by atoms with Crippen LogP contribution in [0.3, 0.4) is 0 Å². The number of hydrogen-bond donors (Lipinski definition) is 1. The molecule has 169 valence electrons. The zero-order valence-electron chi connectivity index (χ0n) is 17.5. The number of hydrogen-bond acceptors (Lipinski definition) is 3. The Hall–Kier alpha value is -3.52. The van der Waals surface area contributed by atoms with Crippen LogP contribution in [-0.4, -0.2) is 12.7 Å². The number of amides is 1. The summed E-state index contributed by atoms with van der Waals surface area (Å²) in [5.74, 6) is 0.818. The van der Waals surface area contributed by atoms with E-state index in [-0.39, 0.29) is 30.5 Å². The Kier molecular flexibility index (Phi) is 5.05. The van der Waals surface area contributed by atoms with Gasteiger partial charge in [-0.3, -0.25) is 10.5 Å². The molecule has 0 aromatic heterocycles. The Labute approximate surface area is 188 Å². The van der Waals surface area contributed by atoms with E-state index in [1.807, 2.05) is 0 Å². The van der Waals surface area contributed by atoms with Crippen molar-refractivity contribution in [3.63, 3.8) is 0 Å². The number of anilines is 1. The summed E-state index contributed by atoms with van der Waals surface area (Å²) in [6.07, 6.45) is -3.41. The molecule has 3 aromatic rings. The summed E-state index contributed by atoms with van der Waals surface area (Å²) in [7, 11) is 0. The summed E-state index contributed by atoms with van der Waals surface area (Å²) in [6, 6.07) is 15.6. The van der Waals surface area contributed by atoms with Crippen LogP contribution in [-0.2, 0) is 22.9 Å². The largest absolute Gasteiger partial charge is 0.454 e. The highest BCUT2D eigenvalue weighted by Crippen LogP contribution is 2.51. The molecule has 33 heavy (non-hydrogen) atoms. The molecule has 3 aromatic carbocycles. The number of alkyl halides is 3. The number of ether oxygens (including phenoxy) is 2. The molecule has 8 heteroatoms. The van der Waals surface area contributed by atoms with Crippen molar-refractivity contribution in [2.45, 2.75) is 31.0 Å². The third-order valence-electron chi connectivity index (χ3n) is 6.13. The molecule has 0 unspecified atom stereocenters. The van der Waals surface area contributed by atoms with Gasteiger partial charge in [-0.15, -0.1) is 0 Å². The standard InChI is InChI=1S/C25H20F3N2O3/c26-25(27,28)20-12-18(5-6-19(20)16-3-1-2-15(10-16)13-29)30-23(31)24(8-9-24)17-4-7-21-22(11-17)33-14-32-21/h1-7,10-12,29H,8-9,13-14H2,(H,30,31). The second-order valence-electron chi connectivity index (χ2n) is 8.24. The van der Waals surface area contributed by atoms with E-state index in [0.717, 1.165) is 11.6 Å². The Bertz CT molecular complexity index is 1240. The molecule has 1 heterocycles. The Morgan fingerprint density at radius 1 is 1.00 bits per heavy atom. The number of carbonyl (C=O) groups excluding carboxylic acids is 1. The van der Waals surface area contributed by atoms with Crippen LogP contribution in [0, 0.1) is 0 Å². The van der Waals surface area contributed by atoms with E-state index < -0.39 is 17.2 Å². The summed E-state index contributed by atoms with van der Waals surface area (Å²) >= 11 is 0. The van der Waals surface area contributed by atoms with Crippen LogP contribution in [0.5, 0.6) is 11.5 Å². The monoisotopic (exact) mass is 453 g/mol. The van der Waals surface area contributed by atoms with Gasteiger partial charge in [0.1, 0.15) is 0 Å². The van der Waals surface area contributed by atoms with E-state index in [0.29, 0.717) is 35.5 Å². The molecule has 2 aliphatic rings. The summed E-state index contributed by atoms with van der Waals surface area (Å²) in [5.41, 5.74) is 7.70. The van der Waals surface area contributed by atoms with Gasteiger partial charge in [0.2, 0.25) is 12.7 Å². The number of benzene rings is 3. The lowest BCUT2D eigenvalue weighted by molar-refractivity contribution is -0.137. The van der Waals surface area contributed by atoms with Gasteiger partial charge < -0.3 is 14.8 Å². The first kappa shape index (κ1) is 21.3. The highest BCUT2D eigenvalue weighted by atomic mass is 19.4. The minimum absolute atomic E-state index is 0.00713. The van der Waals surface area contributed by atoms with Gasteiger partial charge in [0, 0.05) is 12.2 Å². The summed E-state index contributed by atoms with van der Waals surface area (Å²) in [5, 5.41) is 2.68. The van der Waals surface area contributed by atoms with Crippen molar-refractivity contribution in [1.29, 1.82) is 0 Å². The molecule has 0 atom stereocenters. The minimum Gasteiger partial charge on any atom is -0.454 e. The molecule has 5 rings (SSSR count). The first-order valence-electron chi connectivity index (χ1n) is 10.5. The van der Waals surface area contributed by atoms with Crippen LogP contribution in [0.15, 0.2) is 60.7 Å². The minimum atomic E-state index is -4.61. The normalized spacial score (nSPS) is 15.9. The lowest BCUT2D eigenvalue weighted by atomic mass is 9.94. The Morgan fingerprint density at radius 3 is 2.52 bits per heavy atom. The highest BCUT2D eigenvalue weighted by molar-refractivity contribution is 6.01. The van der Waals surface area contributed by atoms with Crippen molar-refractivity contribution in [3.8, 4) is 22.6 Å². The molecule has 1 fully saturated rings. The molecule has 0 bridgehead atoms. The SMILES string of the molecule is [NH]Cc1cccc(-c2ccc(NC(=O)C3(c4ccc5c(c4)OCO5)CC3)cc2C(F)(F)F)c1. The van der Waals surface area contributed by atoms with Gasteiger partial charge >= 0.3 is 6.18 Å². The maximum Gasteiger partial charge on any atom is 0.417 e. The topological polar surface area (TPSA) is 71.4 Å². The Morgan fingerprint density at radius 2 is 1.79 bits per heavy atom. The number of rotatable bonds is 5. The Balaban J connectivity index is 1.44. The van der Waals surface area contributed by atoms with E-state index in [2.05, 4.69) is 5.32 Å². The van der Waals surface area contributed by atoms with Crippen LogP contribution < -0.4 is 20.5 Å². The second kappa shape index (κ2) is 7.81. The number of nitrogens with one attached hydrogen (secondary N) is 2. The lowest BCUT2D eigenvalue weighted by Crippen LogP contribution is -2.28. The fourth-order valence-corrected chi connectivity index (χ4v) is 4.17. The van der Waals surface area contributed by atoms with Gasteiger partial charge in [-0.05, 0) is 65.4 Å². The lowest BCUT2D eigenvalue weighted by Gasteiger charge is -2.19. The van der Waals surface area contributed by atoms with E-state index in [9.17, 15) is 18.0 Å². The predicted octanol–water partition coefficient (Wildman–Crippen LogP) is 5.55. The zero-order valence-corrected chi connectivity index (χ0v) is 17.5. The van der Waals surface area contributed by atoms with Gasteiger partial charge in [0.15, 0.2) is 11.5 Å². The summed E-state index contributed by atoms with van der Waals surface area (Å²) in [4.78, 5) is 13.1. The van der Waals surface area contributed by atoms with Gasteiger partial charge in [-0.1, -0.05) is 30.3 Å². The molecule has 0 saturated heterocycles. The summed E-state index contributed by atoms with van der Waals surface area (Å²) < 4.78 is 52.4. The third kappa shape index (κ3) is 3.91. The van der Waals surface area contributed by atoms with Crippen LogP contribution in [0.4, 0.5) is 18.9 Å². The average Bonchev–Trinajstić information content (AvgIpc) is 3.49. The number of fused-ring (bicyclic) bond motifs is 1. The van der Waals surface area contributed by atoms with E-state index in [1.54, 1.807) is 42.5 Å². The molecule has 2 N–H and O–H groups in total. The smallest absolute Gasteiger partial charge is 0.417 e. The van der Waals surface area contributed by atoms with Crippen LogP contribution >= 0.6 is 0 Å². The maximum absolute atomic E-state index is 13.9. The van der Waals surface area contributed by atoms with E-state index >= 15 is 0 Å². The number of carbonyl (C=O) groups is 1. The van der Waals surface area contributed by atoms with E-state index in [4.69, 9.17) is 15.2 Å². The third-order valence-corrected chi connectivity index (χ3v) is 6.13. The molecule has 0 spiro atoms. The van der Waals surface area contributed by atoms with Crippen LogP contribution in [0.2, 0.25) is 0 Å². The van der Waals surface area contributed by atoms with Crippen molar-refractivity contribution in [1.82, 2.24) is 5.73 Å². The van der Waals surface area contributed by atoms with Gasteiger partial charge in [-0.2, -0.15) is 13.2 Å². The second-order valence-corrected chi connectivity index (χ2v) is 8.24. The average molecular weight is 453 g/mol. The van der Waals surface area contributed by atoms with Crippen molar-refractivity contribution >= 4 is 11.6 Å². The maximum atomic E-state index is 13.9. The summed E-state index contributed by atoms with van der Waals surface area (Å²) in [6.45, 7) is 0.0977. The van der Waals surface area contributed by atoms with Crippen molar-refractivity contribution in [2.24, 2.45) is 0 Å². The van der Waals surface area contributed by atoms with Crippen molar-refractivity contribution < 1.29 is 27.4 Å². The first-order chi connectivity index (χ1) is 15.8. The molecule has 5 nitrogen and oxygen atoms in total. The fraction of sp³-hybridized carbons (Fsp3) is 0.240. The quantitative estimate of drug-likeness (QED) is 0.550. The first-order valence-corrected chi connectivity index (χ1v) is 10.5. The van der Waals surface area contributed by atoms with Crippen molar-refractivity contribution in [2.75, 3.05) is 12.1 Å². The number of halogens is 3. The fourth-order valence-electron chi connectivity index (χ4n) is 4.17. The molecule has 1 amide bonds. The van der Waals surface area contributed by atoms with Crippen LogP contribution in [0.1, 0.15) is 29.5 Å².